The van der Waals surface area contributed by atoms with Crippen LogP contribution in [0.25, 0.3) is 0 Å². The number of alkyl halides is 1. The van der Waals surface area contributed by atoms with Crippen molar-refractivity contribution in [3.63, 3.8) is 0 Å². The van der Waals surface area contributed by atoms with E-state index in [9.17, 15) is 4.39 Å². The Morgan fingerprint density at radius 2 is 1.65 bits per heavy atom. The second kappa shape index (κ2) is 7.12. The summed E-state index contributed by atoms with van der Waals surface area (Å²) >= 11 is 0. The molecule has 0 heterocycles. The highest BCUT2D eigenvalue weighted by Crippen LogP contribution is 2.31. The summed E-state index contributed by atoms with van der Waals surface area (Å²) in [6.45, 7) is 0.177. The molecule has 2 N–H and O–H groups in total. The Morgan fingerprint density at radius 3 is 2.12 bits per heavy atom. The fourth-order valence-electron chi connectivity index (χ4n) is 1.78. The van der Waals surface area contributed by atoms with Gasteiger partial charge in [0.25, 0.3) is 0 Å². The lowest BCUT2D eigenvalue weighted by Crippen LogP contribution is -2.01. The number of nitrogens with two attached hydrogens (primary N) is 1. The van der Waals surface area contributed by atoms with E-state index in [4.69, 9.17) is 15.2 Å². The molecule has 1 aromatic carbocycles. The van der Waals surface area contributed by atoms with E-state index in [1.54, 1.807) is 20.3 Å². The minimum Gasteiger partial charge on any atom is -0.493 e. The zero-order valence-corrected chi connectivity index (χ0v) is 10.5. The zero-order chi connectivity index (χ0) is 12.7. The standard InChI is InChI=1S/C13H20FNO2/c1-16-12-7-10(5-3-4-6-15)11(9-14)8-13(12)17-2/h7-8H,3-6,9,15H2,1-2H3. The SMILES string of the molecule is COc1cc(CF)c(CCCCN)cc1OC. The molecule has 0 spiro atoms. The number of halogens is 1. The molecule has 0 aliphatic carbocycles. The molecule has 0 saturated heterocycles. The fourth-order valence-corrected chi connectivity index (χ4v) is 1.78. The Kier molecular flexibility index (Phi) is 5.77. The summed E-state index contributed by atoms with van der Waals surface area (Å²) in [5.74, 6) is 1.22. The second-order valence-corrected chi connectivity index (χ2v) is 3.86. The lowest BCUT2D eigenvalue weighted by Gasteiger charge is -2.13. The minimum absolute atomic E-state index is 0.488. The fraction of sp³-hybridized carbons (Fsp3) is 0.538. The number of aryl methyl sites for hydroxylation is 1. The Hall–Kier alpha value is -1.29. The number of methoxy groups -OCH3 is 2. The van der Waals surface area contributed by atoms with Crippen LogP contribution >= 0.6 is 0 Å². The maximum absolute atomic E-state index is 12.9. The van der Waals surface area contributed by atoms with Crippen LogP contribution in [0.4, 0.5) is 4.39 Å². The van der Waals surface area contributed by atoms with Crippen molar-refractivity contribution in [1.29, 1.82) is 0 Å². The number of hydrogen-bond donors (Lipinski definition) is 1. The van der Waals surface area contributed by atoms with Crippen LogP contribution in [0.3, 0.4) is 0 Å². The van der Waals surface area contributed by atoms with Crippen LogP contribution in [-0.4, -0.2) is 20.8 Å². The van der Waals surface area contributed by atoms with Crippen LogP contribution in [0.1, 0.15) is 24.0 Å². The van der Waals surface area contributed by atoms with E-state index in [0.29, 0.717) is 23.6 Å². The molecule has 0 aliphatic rings. The van der Waals surface area contributed by atoms with Crippen LogP contribution in [-0.2, 0) is 13.1 Å². The predicted molar refractivity (Wildman–Crippen MR) is 66.4 cm³/mol. The summed E-state index contributed by atoms with van der Waals surface area (Å²) in [6, 6.07) is 3.56. The minimum atomic E-state index is -0.488. The molecule has 96 valence electrons. The molecule has 0 fully saturated rings. The van der Waals surface area contributed by atoms with E-state index < -0.39 is 6.67 Å². The second-order valence-electron chi connectivity index (χ2n) is 3.86. The van der Waals surface area contributed by atoms with Crippen molar-refractivity contribution in [3.8, 4) is 11.5 Å². The molecule has 0 unspecified atom stereocenters. The van der Waals surface area contributed by atoms with Crippen LogP contribution in [0.5, 0.6) is 11.5 Å². The molecule has 0 amide bonds. The van der Waals surface area contributed by atoms with Crippen molar-refractivity contribution >= 4 is 0 Å². The molecule has 1 rings (SSSR count). The van der Waals surface area contributed by atoms with Gasteiger partial charge in [0, 0.05) is 0 Å². The van der Waals surface area contributed by atoms with Gasteiger partial charge in [-0.05, 0) is 49.1 Å². The quantitative estimate of drug-likeness (QED) is 0.746. The molecule has 17 heavy (non-hydrogen) atoms. The van der Waals surface area contributed by atoms with Gasteiger partial charge in [-0.3, -0.25) is 0 Å². The van der Waals surface area contributed by atoms with E-state index in [2.05, 4.69) is 0 Å². The monoisotopic (exact) mass is 241 g/mol. The normalized spacial score (nSPS) is 10.4. The average molecular weight is 241 g/mol. The third-order valence-electron chi connectivity index (χ3n) is 2.75. The average Bonchev–Trinajstić information content (AvgIpc) is 2.38. The summed E-state index contributed by atoms with van der Waals surface area (Å²) in [4.78, 5) is 0. The Labute approximate surface area is 102 Å². The summed E-state index contributed by atoms with van der Waals surface area (Å²) in [5.41, 5.74) is 7.08. The molecular weight excluding hydrogens is 221 g/mol. The van der Waals surface area contributed by atoms with Gasteiger partial charge in [0.15, 0.2) is 11.5 Å². The van der Waals surface area contributed by atoms with Gasteiger partial charge >= 0.3 is 0 Å². The van der Waals surface area contributed by atoms with Crippen LogP contribution in [0, 0.1) is 0 Å². The molecule has 0 aromatic heterocycles. The molecule has 4 heteroatoms. The van der Waals surface area contributed by atoms with Crippen LogP contribution < -0.4 is 15.2 Å². The van der Waals surface area contributed by atoms with Gasteiger partial charge in [0.1, 0.15) is 6.67 Å². The predicted octanol–water partition coefficient (Wildman–Crippen LogP) is 2.45. The van der Waals surface area contributed by atoms with E-state index in [-0.39, 0.29) is 0 Å². The molecular formula is C13H20FNO2. The molecule has 0 atom stereocenters. The van der Waals surface area contributed by atoms with Crippen molar-refractivity contribution in [2.24, 2.45) is 5.73 Å². The number of unbranched alkanes of at least 4 members (excludes halogenated alkanes) is 1. The lowest BCUT2D eigenvalue weighted by molar-refractivity contribution is 0.352. The largest absolute Gasteiger partial charge is 0.493 e. The smallest absolute Gasteiger partial charge is 0.161 e. The third kappa shape index (κ3) is 3.60. The van der Waals surface area contributed by atoms with E-state index in [1.165, 1.54) is 0 Å². The van der Waals surface area contributed by atoms with Gasteiger partial charge in [-0.25, -0.2) is 4.39 Å². The Balaban J connectivity index is 2.93. The molecule has 3 nitrogen and oxygen atoms in total. The van der Waals surface area contributed by atoms with Crippen molar-refractivity contribution < 1.29 is 13.9 Å². The van der Waals surface area contributed by atoms with Crippen LogP contribution in [0.15, 0.2) is 12.1 Å². The summed E-state index contributed by atoms with van der Waals surface area (Å²) in [6.07, 6.45) is 2.72. The van der Waals surface area contributed by atoms with Gasteiger partial charge in [0.2, 0.25) is 0 Å². The molecule has 0 saturated carbocycles. The summed E-state index contributed by atoms with van der Waals surface area (Å²) in [5, 5.41) is 0. The summed E-state index contributed by atoms with van der Waals surface area (Å²) in [7, 11) is 3.13. The molecule has 0 bridgehead atoms. The molecule has 1 aromatic rings. The van der Waals surface area contributed by atoms with E-state index in [1.807, 2.05) is 6.07 Å². The lowest BCUT2D eigenvalue weighted by atomic mass is 10.0. The maximum Gasteiger partial charge on any atom is 0.161 e. The number of rotatable bonds is 7. The van der Waals surface area contributed by atoms with Gasteiger partial charge < -0.3 is 15.2 Å². The van der Waals surface area contributed by atoms with Crippen molar-refractivity contribution in [2.45, 2.75) is 25.9 Å². The topological polar surface area (TPSA) is 44.5 Å². The first-order valence-corrected chi connectivity index (χ1v) is 5.76. The van der Waals surface area contributed by atoms with Crippen LogP contribution in [0.2, 0.25) is 0 Å². The number of hydrogen-bond acceptors (Lipinski definition) is 3. The van der Waals surface area contributed by atoms with Crippen molar-refractivity contribution in [3.05, 3.63) is 23.3 Å². The highest BCUT2D eigenvalue weighted by atomic mass is 19.1. The number of benzene rings is 1. The maximum atomic E-state index is 12.9. The Morgan fingerprint density at radius 1 is 1.06 bits per heavy atom. The Bertz CT molecular complexity index is 356. The van der Waals surface area contributed by atoms with Gasteiger partial charge in [-0.1, -0.05) is 0 Å². The highest BCUT2D eigenvalue weighted by molar-refractivity contribution is 5.47. The first kappa shape index (κ1) is 13.8. The highest BCUT2D eigenvalue weighted by Gasteiger charge is 2.10. The van der Waals surface area contributed by atoms with Gasteiger partial charge in [-0.2, -0.15) is 0 Å². The van der Waals surface area contributed by atoms with Gasteiger partial charge in [0.05, 0.1) is 14.2 Å². The number of ether oxygens (including phenoxy) is 2. The summed E-state index contributed by atoms with van der Waals surface area (Å²) < 4.78 is 23.3. The van der Waals surface area contributed by atoms with E-state index in [0.717, 1.165) is 24.8 Å². The first-order chi connectivity index (χ1) is 8.26. The third-order valence-corrected chi connectivity index (χ3v) is 2.75. The van der Waals surface area contributed by atoms with Crippen molar-refractivity contribution in [2.75, 3.05) is 20.8 Å². The van der Waals surface area contributed by atoms with Crippen molar-refractivity contribution in [1.82, 2.24) is 0 Å². The first-order valence-electron chi connectivity index (χ1n) is 5.76. The molecule has 0 radical (unpaired) electrons. The van der Waals surface area contributed by atoms with E-state index >= 15 is 0 Å². The van der Waals surface area contributed by atoms with Gasteiger partial charge in [-0.15, -0.1) is 0 Å². The zero-order valence-electron chi connectivity index (χ0n) is 10.5. The molecule has 0 aliphatic heterocycles.